The van der Waals surface area contributed by atoms with Crippen LogP contribution in [0.3, 0.4) is 0 Å². The highest BCUT2D eigenvalue weighted by Gasteiger charge is 2.30. The lowest BCUT2D eigenvalue weighted by Crippen LogP contribution is -2.31. The molecule has 7 N–H and O–H groups in total. The Kier molecular flexibility index (Phi) is 10.3. The molecular weight excluding hydrogens is 720 g/mol. The van der Waals surface area contributed by atoms with E-state index in [0.29, 0.717) is 29.7 Å². The van der Waals surface area contributed by atoms with E-state index in [1.54, 1.807) is 19.1 Å². The van der Waals surface area contributed by atoms with Crippen molar-refractivity contribution in [2.45, 2.75) is 103 Å². The van der Waals surface area contributed by atoms with E-state index in [1.165, 1.54) is 38.5 Å². The molecule has 6 heterocycles. The molecule has 296 valence electrons. The van der Waals surface area contributed by atoms with Crippen LogP contribution >= 0.6 is 0 Å². The minimum atomic E-state index is -0.575. The van der Waals surface area contributed by atoms with Gasteiger partial charge in [-0.3, -0.25) is 9.59 Å². The number of hydrogen-bond donors (Lipinski definition) is 6. The fraction of sp³-hybridized carbons (Fsp3) is 0.409. The topological polar surface area (TPSA) is 179 Å². The molecule has 12 nitrogen and oxygen atoms in total. The number of aromatic amines is 2. The molecule has 4 aliphatic rings. The van der Waals surface area contributed by atoms with Gasteiger partial charge in [-0.1, -0.05) is 49.9 Å². The number of aryl methyl sites for hydroxylation is 2. The van der Waals surface area contributed by atoms with E-state index < -0.39 is 5.95 Å². The summed E-state index contributed by atoms with van der Waals surface area (Å²) in [6, 6.07) is 15.3. The van der Waals surface area contributed by atoms with Crippen molar-refractivity contribution < 1.29 is 14.0 Å². The van der Waals surface area contributed by atoms with E-state index in [0.717, 1.165) is 87.7 Å². The normalized spacial score (nSPS) is 17.8. The molecule has 2 amide bonds. The molecule has 0 atom stereocenters. The second-order valence-electron chi connectivity index (χ2n) is 16.5. The van der Waals surface area contributed by atoms with Crippen molar-refractivity contribution in [3.05, 3.63) is 88.4 Å². The quantitative estimate of drug-likeness (QED) is 0.106. The third-order valence-corrected chi connectivity index (χ3v) is 11.7. The molecule has 2 aliphatic carbocycles. The highest BCUT2D eigenvalue weighted by Crippen LogP contribution is 2.35. The maximum atomic E-state index is 13.8. The Morgan fingerprint density at radius 3 is 1.65 bits per heavy atom. The fourth-order valence-electron chi connectivity index (χ4n) is 8.49. The van der Waals surface area contributed by atoms with Crippen molar-refractivity contribution in [2.24, 2.45) is 5.73 Å². The van der Waals surface area contributed by atoms with E-state index in [4.69, 9.17) is 15.7 Å². The van der Waals surface area contributed by atoms with Crippen LogP contribution in [0, 0.1) is 19.8 Å². The van der Waals surface area contributed by atoms with Crippen molar-refractivity contribution >= 4 is 39.7 Å². The second kappa shape index (κ2) is 15.3. The first kappa shape index (κ1) is 38.2. The molecule has 2 aliphatic heterocycles. The number of benzene rings is 2. The number of nitrogens with one attached hydrogen (secondary N) is 5. The molecule has 2 aromatic carbocycles. The summed E-state index contributed by atoms with van der Waals surface area (Å²) < 4.78 is 13.8. The fourth-order valence-corrected chi connectivity index (χ4v) is 8.49. The van der Waals surface area contributed by atoms with Crippen LogP contribution in [-0.2, 0) is 12.8 Å². The van der Waals surface area contributed by atoms with Crippen LogP contribution in [0.2, 0.25) is 0 Å². The Hall–Kier alpha value is -5.69. The smallest absolute Gasteiger partial charge is 0.253 e. The molecule has 0 bridgehead atoms. The third-order valence-electron chi connectivity index (χ3n) is 11.7. The molecule has 0 radical (unpaired) electrons. The SMILES string of the molecule is CC1(N)CCCC1.Cc1nc2cccc(-c3cc4c([nH]3)CCNC4=O)c2nc1F.Cc1nc2cccc(-c3cc4c([nH]3)CCNC4=O)c2nc1NC1(C)CCCC1. The van der Waals surface area contributed by atoms with Gasteiger partial charge < -0.3 is 31.7 Å². The zero-order valence-electron chi connectivity index (χ0n) is 33.2. The number of nitrogens with zero attached hydrogens (tertiary/aromatic N) is 4. The lowest BCUT2D eigenvalue weighted by molar-refractivity contribution is 0.0937. The van der Waals surface area contributed by atoms with Crippen LogP contribution in [-0.4, -0.2) is 65.9 Å². The largest absolute Gasteiger partial charge is 0.363 e. The number of fused-ring (bicyclic) bond motifs is 4. The number of H-pyrrole nitrogens is 2. The molecule has 0 saturated heterocycles. The van der Waals surface area contributed by atoms with Gasteiger partial charge in [0.1, 0.15) is 16.9 Å². The molecule has 0 unspecified atom stereocenters. The molecule has 57 heavy (non-hydrogen) atoms. The second-order valence-corrected chi connectivity index (χ2v) is 16.5. The summed E-state index contributed by atoms with van der Waals surface area (Å²) in [5.74, 6) is 0.187. The molecule has 6 aromatic rings. The Labute approximate surface area is 331 Å². The Balaban J connectivity index is 0.000000139. The number of carbonyl (C=O) groups excluding carboxylic acids is 2. The molecular formula is C44H51FN10O2. The van der Waals surface area contributed by atoms with Gasteiger partial charge in [-0.05, 0) is 77.6 Å². The number of rotatable bonds is 4. The maximum absolute atomic E-state index is 13.8. The van der Waals surface area contributed by atoms with E-state index in [9.17, 15) is 14.0 Å². The van der Waals surface area contributed by atoms with Gasteiger partial charge in [0, 0.05) is 70.9 Å². The minimum absolute atomic E-state index is 0.0116. The summed E-state index contributed by atoms with van der Waals surface area (Å²) in [5, 5.41) is 9.38. The summed E-state index contributed by atoms with van der Waals surface area (Å²) in [6.45, 7) is 9.31. The first-order valence-electron chi connectivity index (χ1n) is 20.1. The van der Waals surface area contributed by atoms with E-state index in [1.807, 2.05) is 43.3 Å². The predicted octanol–water partition coefficient (Wildman–Crippen LogP) is 7.60. The number of anilines is 1. The summed E-state index contributed by atoms with van der Waals surface area (Å²) in [4.78, 5) is 48.8. The highest BCUT2D eigenvalue weighted by atomic mass is 19.1. The molecule has 0 spiro atoms. The number of carbonyl (C=O) groups is 2. The van der Waals surface area contributed by atoms with Crippen LogP contribution in [0.15, 0.2) is 48.5 Å². The monoisotopic (exact) mass is 770 g/mol. The Morgan fingerprint density at radius 2 is 1.16 bits per heavy atom. The summed E-state index contributed by atoms with van der Waals surface area (Å²) in [6.07, 6.45) is 11.5. The van der Waals surface area contributed by atoms with Crippen LogP contribution in [0.4, 0.5) is 10.2 Å². The van der Waals surface area contributed by atoms with Crippen LogP contribution in [0.5, 0.6) is 0 Å². The summed E-state index contributed by atoms with van der Waals surface area (Å²) in [5.41, 5.74) is 16.8. The van der Waals surface area contributed by atoms with Gasteiger partial charge in [0.05, 0.1) is 33.5 Å². The molecule has 13 heteroatoms. The van der Waals surface area contributed by atoms with Crippen LogP contribution in [0.1, 0.15) is 109 Å². The van der Waals surface area contributed by atoms with E-state index in [2.05, 4.69) is 49.7 Å². The summed E-state index contributed by atoms with van der Waals surface area (Å²) >= 11 is 0. The molecule has 4 aromatic heterocycles. The van der Waals surface area contributed by atoms with Crippen molar-refractivity contribution in [3.63, 3.8) is 0 Å². The third kappa shape index (κ3) is 7.98. The molecule has 2 saturated carbocycles. The van der Waals surface area contributed by atoms with Crippen molar-refractivity contribution in [3.8, 4) is 22.5 Å². The van der Waals surface area contributed by atoms with Gasteiger partial charge in [-0.15, -0.1) is 0 Å². The number of halogens is 1. The lowest BCUT2D eigenvalue weighted by Gasteiger charge is -2.26. The minimum Gasteiger partial charge on any atom is -0.363 e. The van der Waals surface area contributed by atoms with Gasteiger partial charge in [0.2, 0.25) is 5.95 Å². The highest BCUT2D eigenvalue weighted by molar-refractivity contribution is 6.00. The average Bonchev–Trinajstić information content (AvgIpc) is 4.00. The molecule has 2 fully saturated rings. The zero-order chi connectivity index (χ0) is 39.9. The van der Waals surface area contributed by atoms with Crippen LogP contribution < -0.4 is 21.7 Å². The average molecular weight is 771 g/mol. The Morgan fingerprint density at radius 1 is 0.667 bits per heavy atom. The van der Waals surface area contributed by atoms with Crippen molar-refractivity contribution in [2.75, 3.05) is 18.4 Å². The first-order valence-corrected chi connectivity index (χ1v) is 20.1. The van der Waals surface area contributed by atoms with Gasteiger partial charge in [0.25, 0.3) is 11.8 Å². The number of aromatic nitrogens is 6. The number of hydrogen-bond acceptors (Lipinski definition) is 8. The molecule has 10 rings (SSSR count). The summed E-state index contributed by atoms with van der Waals surface area (Å²) in [7, 11) is 0. The van der Waals surface area contributed by atoms with Crippen molar-refractivity contribution in [1.29, 1.82) is 0 Å². The van der Waals surface area contributed by atoms with Gasteiger partial charge in [0.15, 0.2) is 0 Å². The van der Waals surface area contributed by atoms with Crippen molar-refractivity contribution in [1.82, 2.24) is 40.5 Å². The number of para-hydroxylation sites is 2. The van der Waals surface area contributed by atoms with Gasteiger partial charge >= 0.3 is 0 Å². The van der Waals surface area contributed by atoms with E-state index in [-0.39, 0.29) is 28.6 Å². The number of nitrogens with two attached hydrogens (primary N) is 1. The lowest BCUT2D eigenvalue weighted by atomic mass is 10.0. The Bertz CT molecular complexity index is 2490. The van der Waals surface area contributed by atoms with Crippen LogP contribution in [0.25, 0.3) is 44.6 Å². The van der Waals surface area contributed by atoms with E-state index >= 15 is 0 Å². The van der Waals surface area contributed by atoms with Gasteiger partial charge in [-0.2, -0.15) is 4.39 Å². The maximum Gasteiger partial charge on any atom is 0.253 e. The van der Waals surface area contributed by atoms with Gasteiger partial charge in [-0.25, -0.2) is 19.9 Å². The number of amides is 2. The standard InChI is InChI=1S/C22H25N5O.C16H13FN4O.C6H13N/c1-13-20(27-22(2)9-3-4-10-22)26-19-14(6-5-7-17(19)24-13)18-12-15-16(25-18)8-11-23-21(15)28;1-8-15(17)21-14-9(3-2-4-12(14)19-8)13-7-10-11(20-13)5-6-18-16(10)22;1-6(7)4-2-3-5-6/h5-7,12,25H,3-4,8-11H2,1-2H3,(H,23,28)(H,26,27);2-4,7,20H,5-6H2,1H3,(H,18,22);2-5,7H2,1H3. The zero-order valence-corrected chi connectivity index (χ0v) is 33.2. The predicted molar refractivity (Wildman–Crippen MR) is 222 cm³/mol. The first-order chi connectivity index (χ1) is 27.4.